The minimum atomic E-state index is 0.833. The molecule has 0 bridgehead atoms. The lowest BCUT2D eigenvalue weighted by Crippen LogP contribution is -1.90. The Hall–Kier alpha value is -0.830. The minimum Gasteiger partial charge on any atom is -0.497 e. The first kappa shape index (κ1) is 10.3. The van der Waals surface area contributed by atoms with Crippen molar-refractivity contribution in [2.24, 2.45) is 0 Å². The Morgan fingerprint density at radius 3 is 2.85 bits per heavy atom. The molecule has 0 fully saturated rings. The zero-order chi connectivity index (χ0) is 9.68. The predicted molar refractivity (Wildman–Crippen MR) is 58.4 cm³/mol. The molecule has 0 saturated carbocycles. The average Bonchev–Trinajstić information content (AvgIpc) is 2.17. The van der Waals surface area contributed by atoms with Gasteiger partial charge in [0.1, 0.15) is 5.75 Å². The molecule has 0 unspecified atom stereocenters. The lowest BCUT2D eigenvalue weighted by Gasteiger charge is -2.06. The molecule has 0 aliphatic heterocycles. The minimum absolute atomic E-state index is 0.833. The van der Waals surface area contributed by atoms with Crippen molar-refractivity contribution in [1.29, 1.82) is 0 Å². The van der Waals surface area contributed by atoms with E-state index in [1.165, 1.54) is 0 Å². The van der Waals surface area contributed by atoms with Gasteiger partial charge in [0, 0.05) is 10.6 Å². The Morgan fingerprint density at radius 1 is 1.46 bits per heavy atom. The summed E-state index contributed by atoms with van der Waals surface area (Å²) < 4.78 is 5.12. The monoisotopic (exact) mass is 197 g/mol. The van der Waals surface area contributed by atoms with Gasteiger partial charge in [0.05, 0.1) is 7.11 Å². The number of ether oxygens (including phenoxy) is 1. The normalized spacial score (nSPS) is 10.0. The van der Waals surface area contributed by atoms with Crippen LogP contribution in [0, 0.1) is 0 Å². The maximum atomic E-state index is 5.81. The molecule has 0 aliphatic rings. The molecule has 0 aliphatic carbocycles. The molecule has 1 aromatic rings. The highest BCUT2D eigenvalue weighted by Gasteiger charge is 2.00. The number of hydrogen-bond donors (Lipinski definition) is 1. The van der Waals surface area contributed by atoms with Crippen LogP contribution in [0.5, 0.6) is 5.75 Å². The summed E-state index contributed by atoms with van der Waals surface area (Å²) in [5, 5.41) is 0. The number of nitrogen functional groups attached to an aromatic ring is 1. The summed E-state index contributed by atoms with van der Waals surface area (Å²) in [6.45, 7) is 2.16. The van der Waals surface area contributed by atoms with Gasteiger partial charge in [-0.3, -0.25) is 0 Å². The van der Waals surface area contributed by atoms with Crippen LogP contribution in [-0.4, -0.2) is 12.9 Å². The Bertz CT molecular complexity index is 276. The van der Waals surface area contributed by atoms with Crippen LogP contribution < -0.4 is 10.5 Å². The molecule has 0 radical (unpaired) electrons. The van der Waals surface area contributed by atoms with Crippen molar-refractivity contribution >= 4 is 17.4 Å². The molecule has 0 saturated heterocycles. The first-order valence-electron chi connectivity index (χ1n) is 4.34. The first-order chi connectivity index (χ1) is 6.27. The van der Waals surface area contributed by atoms with Gasteiger partial charge in [0.15, 0.2) is 0 Å². The summed E-state index contributed by atoms with van der Waals surface area (Å²) in [7, 11) is 1.67. The van der Waals surface area contributed by atoms with E-state index in [9.17, 15) is 0 Å². The number of benzene rings is 1. The maximum Gasteiger partial charge on any atom is 0.120 e. The number of hydrogen-bond acceptors (Lipinski definition) is 3. The zero-order valence-electron chi connectivity index (χ0n) is 8.04. The standard InChI is InChI=1S/C10H15NOS/c1-3-6-13-10-7-8(12-2)4-5-9(10)11/h4-5,7H,3,6,11H2,1-2H3. The fraction of sp³-hybridized carbons (Fsp3) is 0.400. The highest BCUT2D eigenvalue weighted by Crippen LogP contribution is 2.29. The van der Waals surface area contributed by atoms with Gasteiger partial charge in [0.25, 0.3) is 0 Å². The molecule has 0 spiro atoms. The van der Waals surface area contributed by atoms with Crippen LogP contribution in [0.3, 0.4) is 0 Å². The Kier molecular flexibility index (Phi) is 3.96. The van der Waals surface area contributed by atoms with E-state index in [4.69, 9.17) is 10.5 Å². The number of thioether (sulfide) groups is 1. The van der Waals surface area contributed by atoms with E-state index < -0.39 is 0 Å². The average molecular weight is 197 g/mol. The second-order valence-corrected chi connectivity index (χ2v) is 3.89. The molecule has 3 heteroatoms. The van der Waals surface area contributed by atoms with E-state index in [0.29, 0.717) is 0 Å². The van der Waals surface area contributed by atoms with Crippen molar-refractivity contribution in [1.82, 2.24) is 0 Å². The van der Waals surface area contributed by atoms with E-state index >= 15 is 0 Å². The van der Waals surface area contributed by atoms with Crippen molar-refractivity contribution in [2.45, 2.75) is 18.2 Å². The van der Waals surface area contributed by atoms with E-state index in [0.717, 1.165) is 28.5 Å². The molecule has 13 heavy (non-hydrogen) atoms. The third-order valence-corrected chi connectivity index (χ3v) is 2.96. The van der Waals surface area contributed by atoms with Crippen LogP contribution >= 0.6 is 11.8 Å². The third-order valence-electron chi connectivity index (χ3n) is 1.68. The van der Waals surface area contributed by atoms with Gasteiger partial charge in [-0.05, 0) is 30.4 Å². The summed E-state index contributed by atoms with van der Waals surface area (Å²) in [5.74, 6) is 1.96. The van der Waals surface area contributed by atoms with Gasteiger partial charge in [-0.25, -0.2) is 0 Å². The number of rotatable bonds is 4. The van der Waals surface area contributed by atoms with E-state index in [2.05, 4.69) is 6.92 Å². The quantitative estimate of drug-likeness (QED) is 0.595. The molecule has 1 rings (SSSR count). The molecule has 72 valence electrons. The molecular weight excluding hydrogens is 182 g/mol. The van der Waals surface area contributed by atoms with Gasteiger partial charge < -0.3 is 10.5 Å². The fourth-order valence-electron chi connectivity index (χ4n) is 0.979. The molecule has 0 atom stereocenters. The second-order valence-electron chi connectivity index (χ2n) is 2.75. The van der Waals surface area contributed by atoms with Gasteiger partial charge >= 0.3 is 0 Å². The Morgan fingerprint density at radius 2 is 2.23 bits per heavy atom. The third kappa shape index (κ3) is 2.84. The summed E-state index contributed by atoms with van der Waals surface area (Å²) in [4.78, 5) is 1.11. The van der Waals surface area contributed by atoms with Crippen molar-refractivity contribution in [2.75, 3.05) is 18.6 Å². The predicted octanol–water partition coefficient (Wildman–Crippen LogP) is 2.78. The SMILES string of the molecule is CCCSc1cc(OC)ccc1N. The van der Waals surface area contributed by atoms with Crippen molar-refractivity contribution in [3.05, 3.63) is 18.2 Å². The van der Waals surface area contributed by atoms with Crippen molar-refractivity contribution in [3.63, 3.8) is 0 Å². The lowest BCUT2D eigenvalue weighted by molar-refractivity contribution is 0.414. The van der Waals surface area contributed by atoms with Crippen molar-refractivity contribution < 1.29 is 4.74 Å². The van der Waals surface area contributed by atoms with Crippen LogP contribution in [0.4, 0.5) is 5.69 Å². The molecule has 2 nitrogen and oxygen atoms in total. The molecular formula is C10H15NOS. The van der Waals surface area contributed by atoms with E-state index in [-0.39, 0.29) is 0 Å². The van der Waals surface area contributed by atoms with Gasteiger partial charge in [-0.15, -0.1) is 11.8 Å². The second kappa shape index (κ2) is 5.02. The summed E-state index contributed by atoms with van der Waals surface area (Å²) in [6, 6.07) is 5.75. The van der Waals surface area contributed by atoms with Gasteiger partial charge in [-0.1, -0.05) is 6.92 Å². The lowest BCUT2D eigenvalue weighted by atomic mass is 10.3. The van der Waals surface area contributed by atoms with Gasteiger partial charge in [0.2, 0.25) is 0 Å². The van der Waals surface area contributed by atoms with Crippen LogP contribution in [0.2, 0.25) is 0 Å². The fourth-order valence-corrected chi connectivity index (χ4v) is 1.84. The number of nitrogens with two attached hydrogens (primary N) is 1. The zero-order valence-corrected chi connectivity index (χ0v) is 8.86. The topological polar surface area (TPSA) is 35.2 Å². The van der Waals surface area contributed by atoms with Crippen LogP contribution in [0.15, 0.2) is 23.1 Å². The Labute approximate surface area is 83.5 Å². The first-order valence-corrected chi connectivity index (χ1v) is 5.32. The van der Waals surface area contributed by atoms with E-state index in [1.807, 2.05) is 18.2 Å². The highest BCUT2D eigenvalue weighted by atomic mass is 32.2. The maximum absolute atomic E-state index is 5.81. The largest absolute Gasteiger partial charge is 0.497 e. The molecule has 0 heterocycles. The molecule has 0 aromatic heterocycles. The van der Waals surface area contributed by atoms with Crippen LogP contribution in [0.1, 0.15) is 13.3 Å². The van der Waals surface area contributed by atoms with Gasteiger partial charge in [-0.2, -0.15) is 0 Å². The van der Waals surface area contributed by atoms with Crippen molar-refractivity contribution in [3.8, 4) is 5.75 Å². The molecule has 1 aromatic carbocycles. The molecule has 2 N–H and O–H groups in total. The summed E-state index contributed by atoms with van der Waals surface area (Å²) in [5.41, 5.74) is 6.64. The molecule has 0 amide bonds. The van der Waals surface area contributed by atoms with Crippen LogP contribution in [0.25, 0.3) is 0 Å². The summed E-state index contributed by atoms with van der Waals surface area (Å²) >= 11 is 1.77. The number of anilines is 1. The summed E-state index contributed by atoms with van der Waals surface area (Å²) in [6.07, 6.45) is 1.15. The number of methoxy groups -OCH3 is 1. The Balaban J connectivity index is 2.78. The smallest absolute Gasteiger partial charge is 0.120 e. The van der Waals surface area contributed by atoms with E-state index in [1.54, 1.807) is 18.9 Å². The highest BCUT2D eigenvalue weighted by molar-refractivity contribution is 7.99. The van der Waals surface area contributed by atoms with Crippen LogP contribution in [-0.2, 0) is 0 Å².